The molecule has 0 aromatic heterocycles. The Morgan fingerprint density at radius 2 is 1.49 bits per heavy atom. The van der Waals surface area contributed by atoms with Crippen LogP contribution in [0.5, 0.6) is 0 Å². The number of hydrogen-bond acceptors (Lipinski definition) is 5. The molecule has 1 aliphatic rings. The molecule has 0 saturated carbocycles. The lowest BCUT2D eigenvalue weighted by atomic mass is 9.98. The highest BCUT2D eigenvalue weighted by Gasteiger charge is 2.32. The third-order valence-corrected chi connectivity index (χ3v) is 6.75. The zero-order valence-electron chi connectivity index (χ0n) is 22.5. The van der Waals surface area contributed by atoms with Gasteiger partial charge in [-0.25, -0.2) is 4.79 Å². The molecule has 0 aliphatic heterocycles. The third-order valence-electron chi connectivity index (χ3n) is 6.75. The molecular weight excluding hydrogens is 494 g/mol. The first-order valence-electron chi connectivity index (χ1n) is 13.0. The number of carbonyl (C=O) groups is 3. The Labute approximate surface area is 229 Å². The molecule has 1 aliphatic carbocycles. The van der Waals surface area contributed by atoms with E-state index in [0.29, 0.717) is 13.1 Å². The fourth-order valence-electron chi connectivity index (χ4n) is 5.25. The van der Waals surface area contributed by atoms with Gasteiger partial charge in [-0.05, 0) is 48.7 Å². The number of rotatable bonds is 11. The van der Waals surface area contributed by atoms with Gasteiger partial charge in [-0.3, -0.25) is 14.5 Å². The second kappa shape index (κ2) is 12.1. The van der Waals surface area contributed by atoms with E-state index in [-0.39, 0.29) is 12.5 Å². The second-order valence-electron chi connectivity index (χ2n) is 10.7. The molecule has 39 heavy (non-hydrogen) atoms. The summed E-state index contributed by atoms with van der Waals surface area (Å²) in [5.41, 5.74) is 4.79. The maximum atomic E-state index is 13.1. The fourth-order valence-corrected chi connectivity index (χ4v) is 5.25. The van der Waals surface area contributed by atoms with Crippen molar-refractivity contribution in [1.29, 1.82) is 0 Å². The van der Waals surface area contributed by atoms with Crippen LogP contribution in [0.3, 0.4) is 0 Å². The lowest BCUT2D eigenvalue weighted by Crippen LogP contribution is -2.57. The summed E-state index contributed by atoms with van der Waals surface area (Å²) in [6, 6.07) is 24.6. The molecule has 0 spiro atoms. The molecule has 3 aromatic carbocycles. The molecule has 4 rings (SSSR count). The van der Waals surface area contributed by atoms with Crippen molar-refractivity contribution in [2.75, 3.05) is 20.2 Å². The van der Waals surface area contributed by atoms with Gasteiger partial charge in [0.15, 0.2) is 0 Å². The lowest BCUT2D eigenvalue weighted by molar-refractivity contribution is -0.140. The van der Waals surface area contributed by atoms with Crippen LogP contribution in [0.25, 0.3) is 11.1 Å². The van der Waals surface area contributed by atoms with E-state index in [0.717, 1.165) is 27.8 Å². The SMILES string of the molecule is CN(Cc1ccccc1)CC(C)(C)NC(=O)C(CC(=O)O)NC(=O)OCC1c2ccccc2-c2ccccc21. The molecule has 0 bridgehead atoms. The van der Waals surface area contributed by atoms with Crippen molar-refractivity contribution in [1.82, 2.24) is 15.5 Å². The predicted octanol–water partition coefficient (Wildman–Crippen LogP) is 4.40. The molecule has 1 unspecified atom stereocenters. The van der Waals surface area contributed by atoms with Crippen LogP contribution in [-0.4, -0.2) is 59.8 Å². The van der Waals surface area contributed by atoms with Crippen molar-refractivity contribution in [2.45, 2.75) is 44.3 Å². The molecule has 8 heteroatoms. The molecule has 0 heterocycles. The predicted molar refractivity (Wildman–Crippen MR) is 149 cm³/mol. The highest BCUT2D eigenvalue weighted by Crippen LogP contribution is 2.44. The van der Waals surface area contributed by atoms with Gasteiger partial charge in [0, 0.05) is 24.5 Å². The number of ether oxygens (including phenoxy) is 1. The minimum Gasteiger partial charge on any atom is -0.481 e. The second-order valence-corrected chi connectivity index (χ2v) is 10.7. The largest absolute Gasteiger partial charge is 0.481 e. The number of benzene rings is 3. The number of hydrogen-bond donors (Lipinski definition) is 3. The van der Waals surface area contributed by atoms with Gasteiger partial charge in [0.1, 0.15) is 12.6 Å². The molecule has 0 saturated heterocycles. The minimum atomic E-state index is -1.28. The van der Waals surface area contributed by atoms with Crippen LogP contribution < -0.4 is 10.6 Å². The first-order chi connectivity index (χ1) is 18.6. The van der Waals surface area contributed by atoms with E-state index in [9.17, 15) is 19.5 Å². The zero-order valence-corrected chi connectivity index (χ0v) is 22.5. The quantitative estimate of drug-likeness (QED) is 0.340. The number of carboxylic acid groups (broad SMARTS) is 1. The van der Waals surface area contributed by atoms with Crippen molar-refractivity contribution in [3.63, 3.8) is 0 Å². The van der Waals surface area contributed by atoms with Crippen molar-refractivity contribution >= 4 is 18.0 Å². The number of alkyl carbamates (subject to hydrolysis) is 1. The summed E-state index contributed by atoms with van der Waals surface area (Å²) in [5.74, 6) is -1.92. The lowest BCUT2D eigenvalue weighted by Gasteiger charge is -2.32. The monoisotopic (exact) mass is 529 g/mol. The number of likely N-dealkylation sites (N-methyl/N-ethyl adjacent to an activating group) is 1. The van der Waals surface area contributed by atoms with Crippen LogP contribution in [0.2, 0.25) is 0 Å². The molecule has 204 valence electrons. The summed E-state index contributed by atoms with van der Waals surface area (Å²) in [7, 11) is 1.95. The molecule has 1 atom stereocenters. The Morgan fingerprint density at radius 3 is 2.08 bits per heavy atom. The van der Waals surface area contributed by atoms with E-state index in [2.05, 4.69) is 15.5 Å². The molecule has 2 amide bonds. The normalized spacial score (nSPS) is 13.3. The van der Waals surface area contributed by atoms with E-state index in [4.69, 9.17) is 4.74 Å². The van der Waals surface area contributed by atoms with Gasteiger partial charge < -0.3 is 20.5 Å². The highest BCUT2D eigenvalue weighted by atomic mass is 16.5. The third kappa shape index (κ3) is 7.23. The Kier molecular flexibility index (Phi) is 8.66. The first kappa shape index (κ1) is 27.9. The average Bonchev–Trinajstić information content (AvgIpc) is 3.20. The van der Waals surface area contributed by atoms with Crippen LogP contribution in [0, 0.1) is 0 Å². The maximum absolute atomic E-state index is 13.1. The van der Waals surface area contributed by atoms with Crippen molar-refractivity contribution < 1.29 is 24.2 Å². The van der Waals surface area contributed by atoms with Gasteiger partial charge >= 0.3 is 12.1 Å². The van der Waals surface area contributed by atoms with Crippen LogP contribution in [0.4, 0.5) is 4.79 Å². The number of fused-ring (bicyclic) bond motifs is 3. The molecule has 0 radical (unpaired) electrons. The Morgan fingerprint density at radius 1 is 0.923 bits per heavy atom. The summed E-state index contributed by atoms with van der Waals surface area (Å²) in [6.07, 6.45) is -1.40. The van der Waals surface area contributed by atoms with Gasteiger partial charge in [-0.2, -0.15) is 0 Å². The summed E-state index contributed by atoms with van der Waals surface area (Å²) in [6.45, 7) is 4.99. The van der Waals surface area contributed by atoms with E-state index < -0.39 is 36.0 Å². The number of amides is 2. The molecule has 0 fully saturated rings. The molecular formula is C31H35N3O5. The van der Waals surface area contributed by atoms with Crippen molar-refractivity contribution in [3.05, 3.63) is 95.6 Å². The number of nitrogens with zero attached hydrogens (tertiary/aromatic N) is 1. The summed E-state index contributed by atoms with van der Waals surface area (Å²) in [4.78, 5) is 39.4. The van der Waals surface area contributed by atoms with E-state index >= 15 is 0 Å². The van der Waals surface area contributed by atoms with Crippen LogP contribution >= 0.6 is 0 Å². The average molecular weight is 530 g/mol. The zero-order chi connectivity index (χ0) is 28.0. The minimum absolute atomic E-state index is 0.0665. The number of carboxylic acids is 1. The Bertz CT molecular complexity index is 1280. The molecule has 8 nitrogen and oxygen atoms in total. The van der Waals surface area contributed by atoms with Gasteiger partial charge in [-0.1, -0.05) is 78.9 Å². The van der Waals surface area contributed by atoms with Gasteiger partial charge in [0.05, 0.1) is 6.42 Å². The number of nitrogens with one attached hydrogen (secondary N) is 2. The van der Waals surface area contributed by atoms with Gasteiger partial charge in [0.2, 0.25) is 5.91 Å². The Hall–Kier alpha value is -4.17. The van der Waals surface area contributed by atoms with E-state index in [1.165, 1.54) is 0 Å². The van der Waals surface area contributed by atoms with Crippen LogP contribution in [0.15, 0.2) is 78.9 Å². The number of carbonyl (C=O) groups excluding carboxylic acids is 2. The molecule has 3 aromatic rings. The van der Waals surface area contributed by atoms with Gasteiger partial charge in [0.25, 0.3) is 0 Å². The van der Waals surface area contributed by atoms with E-state index in [1.54, 1.807) is 0 Å². The summed E-state index contributed by atoms with van der Waals surface area (Å²) >= 11 is 0. The topological polar surface area (TPSA) is 108 Å². The van der Waals surface area contributed by atoms with Crippen LogP contribution in [-0.2, 0) is 20.9 Å². The highest BCUT2D eigenvalue weighted by molar-refractivity contribution is 5.89. The van der Waals surface area contributed by atoms with E-state index in [1.807, 2.05) is 99.8 Å². The standard InChI is InChI=1S/C31H35N3O5/c1-31(2,20-34(3)18-21-11-5-4-6-12-21)33-29(37)27(17-28(35)36)32-30(38)39-19-26-24-15-9-7-13-22(24)23-14-8-10-16-25(23)26/h4-16,26-27H,17-20H2,1-3H3,(H,32,38)(H,33,37)(H,35,36). The van der Waals surface area contributed by atoms with Crippen molar-refractivity contribution in [2.24, 2.45) is 0 Å². The van der Waals surface area contributed by atoms with Gasteiger partial charge in [-0.15, -0.1) is 0 Å². The number of aliphatic carboxylic acids is 1. The van der Waals surface area contributed by atoms with Crippen molar-refractivity contribution in [3.8, 4) is 11.1 Å². The smallest absolute Gasteiger partial charge is 0.407 e. The fraction of sp³-hybridized carbons (Fsp3) is 0.323. The maximum Gasteiger partial charge on any atom is 0.407 e. The summed E-state index contributed by atoms with van der Waals surface area (Å²) in [5, 5.41) is 14.8. The molecule has 3 N–H and O–H groups in total. The first-order valence-corrected chi connectivity index (χ1v) is 13.0. The Balaban J connectivity index is 1.36. The summed E-state index contributed by atoms with van der Waals surface area (Å²) < 4.78 is 5.53. The van der Waals surface area contributed by atoms with Crippen LogP contribution in [0.1, 0.15) is 42.9 Å².